The molecule has 0 radical (unpaired) electrons. The van der Waals surface area contributed by atoms with Crippen molar-refractivity contribution in [1.29, 1.82) is 0 Å². The van der Waals surface area contributed by atoms with E-state index in [1.807, 2.05) is 6.08 Å². The molecule has 0 aromatic rings. The van der Waals surface area contributed by atoms with Crippen molar-refractivity contribution in [3.8, 4) is 0 Å². The molecule has 1 heteroatoms. The first-order valence-corrected chi connectivity index (χ1v) is 5.06. The van der Waals surface area contributed by atoms with E-state index >= 15 is 0 Å². The summed E-state index contributed by atoms with van der Waals surface area (Å²) in [5.41, 5.74) is 0. The molecule has 2 fully saturated rings. The first-order chi connectivity index (χ1) is 5.86. The Morgan fingerprint density at radius 2 is 2.08 bits per heavy atom. The topological polar surface area (TPSA) is 17.1 Å². The zero-order chi connectivity index (χ0) is 8.13. The Morgan fingerprint density at radius 3 is 2.92 bits per heavy atom. The Morgan fingerprint density at radius 1 is 1.25 bits per heavy atom. The molecule has 2 bridgehead atoms. The molecule has 0 aromatic carbocycles. The van der Waals surface area contributed by atoms with Gasteiger partial charge < -0.3 is 0 Å². The van der Waals surface area contributed by atoms with Gasteiger partial charge in [0.2, 0.25) is 0 Å². The first kappa shape index (κ1) is 6.88. The van der Waals surface area contributed by atoms with Gasteiger partial charge in [-0.25, -0.2) is 0 Å². The summed E-state index contributed by atoms with van der Waals surface area (Å²) in [6.45, 7) is 0. The van der Waals surface area contributed by atoms with Gasteiger partial charge in [-0.15, -0.1) is 0 Å². The molecule has 2 saturated carbocycles. The minimum Gasteiger partial charge on any atom is -0.295 e. The van der Waals surface area contributed by atoms with Crippen molar-refractivity contribution in [3.63, 3.8) is 0 Å². The van der Waals surface area contributed by atoms with Crippen LogP contribution in [0.25, 0.3) is 0 Å². The average molecular weight is 162 g/mol. The van der Waals surface area contributed by atoms with Gasteiger partial charge in [-0.05, 0) is 49.5 Å². The standard InChI is InChI=1S/C11H14O/c12-10-3-1-2-9-7-4-5-8(6-7)11(9)10/h1,3,7-9,11H,2,4-6H2/t7-,8+,9+,11-/m0/s1. The van der Waals surface area contributed by atoms with Crippen molar-refractivity contribution in [1.82, 2.24) is 0 Å². The fourth-order valence-electron chi connectivity index (χ4n) is 3.65. The Balaban J connectivity index is 1.98. The summed E-state index contributed by atoms with van der Waals surface area (Å²) in [5.74, 6) is 3.26. The average Bonchev–Trinajstić information content (AvgIpc) is 2.64. The van der Waals surface area contributed by atoms with Crippen molar-refractivity contribution in [2.75, 3.05) is 0 Å². The number of carbonyl (C=O) groups is 1. The fourth-order valence-corrected chi connectivity index (χ4v) is 3.65. The zero-order valence-corrected chi connectivity index (χ0v) is 7.20. The van der Waals surface area contributed by atoms with Gasteiger partial charge in [-0.3, -0.25) is 4.79 Å². The molecule has 64 valence electrons. The molecule has 0 spiro atoms. The van der Waals surface area contributed by atoms with E-state index in [0.29, 0.717) is 11.7 Å². The smallest absolute Gasteiger partial charge is 0.159 e. The second-order valence-electron chi connectivity index (χ2n) is 4.56. The second kappa shape index (κ2) is 2.21. The molecule has 4 atom stereocenters. The van der Waals surface area contributed by atoms with Crippen LogP contribution in [0.15, 0.2) is 12.2 Å². The van der Waals surface area contributed by atoms with Crippen LogP contribution in [-0.2, 0) is 4.79 Å². The highest BCUT2D eigenvalue weighted by molar-refractivity contribution is 5.93. The highest BCUT2D eigenvalue weighted by Crippen LogP contribution is 2.54. The van der Waals surface area contributed by atoms with Crippen LogP contribution in [0.4, 0.5) is 0 Å². The molecule has 0 aliphatic heterocycles. The maximum atomic E-state index is 11.6. The van der Waals surface area contributed by atoms with Crippen molar-refractivity contribution in [2.24, 2.45) is 23.7 Å². The molecule has 1 nitrogen and oxygen atoms in total. The predicted octanol–water partition coefficient (Wildman–Crippen LogP) is 2.18. The molecule has 0 aromatic heterocycles. The number of hydrogen-bond donors (Lipinski definition) is 0. The highest BCUT2D eigenvalue weighted by Gasteiger charge is 2.50. The molecule has 3 aliphatic rings. The zero-order valence-electron chi connectivity index (χ0n) is 7.20. The molecule has 3 aliphatic carbocycles. The van der Waals surface area contributed by atoms with Crippen LogP contribution in [0.2, 0.25) is 0 Å². The van der Waals surface area contributed by atoms with Crippen LogP contribution in [0, 0.1) is 23.7 Å². The Kier molecular flexibility index (Phi) is 1.27. The van der Waals surface area contributed by atoms with E-state index in [1.165, 1.54) is 25.7 Å². The molecule has 0 amide bonds. The third-order valence-electron chi connectivity index (χ3n) is 4.11. The molecular formula is C11H14O. The summed E-state index contributed by atoms with van der Waals surface area (Å²) in [6, 6.07) is 0. The number of hydrogen-bond acceptors (Lipinski definition) is 1. The maximum absolute atomic E-state index is 11.6. The van der Waals surface area contributed by atoms with Gasteiger partial charge in [0.05, 0.1) is 0 Å². The second-order valence-corrected chi connectivity index (χ2v) is 4.56. The van der Waals surface area contributed by atoms with Crippen LogP contribution in [0.1, 0.15) is 25.7 Å². The molecular weight excluding hydrogens is 148 g/mol. The van der Waals surface area contributed by atoms with E-state index in [1.54, 1.807) is 0 Å². The van der Waals surface area contributed by atoms with Crippen LogP contribution in [0.5, 0.6) is 0 Å². The normalized spacial score (nSPS) is 49.8. The summed E-state index contributed by atoms with van der Waals surface area (Å²) >= 11 is 0. The van der Waals surface area contributed by atoms with Crippen molar-refractivity contribution in [2.45, 2.75) is 25.7 Å². The molecule has 0 unspecified atom stereocenters. The monoisotopic (exact) mass is 162 g/mol. The lowest BCUT2D eigenvalue weighted by Crippen LogP contribution is -2.30. The lowest BCUT2D eigenvalue weighted by atomic mass is 9.73. The minimum atomic E-state index is 0.429. The molecule has 3 rings (SSSR count). The number of carbonyl (C=O) groups excluding carboxylic acids is 1. The first-order valence-electron chi connectivity index (χ1n) is 5.06. The van der Waals surface area contributed by atoms with Gasteiger partial charge in [0.1, 0.15) is 0 Å². The summed E-state index contributed by atoms with van der Waals surface area (Å²) in [4.78, 5) is 11.6. The number of fused-ring (bicyclic) bond motifs is 5. The van der Waals surface area contributed by atoms with Crippen LogP contribution in [-0.4, -0.2) is 5.78 Å². The van der Waals surface area contributed by atoms with Gasteiger partial charge in [-0.1, -0.05) is 6.08 Å². The Hall–Kier alpha value is -0.590. The van der Waals surface area contributed by atoms with Crippen molar-refractivity contribution >= 4 is 5.78 Å². The molecule has 0 heterocycles. The molecule has 0 N–H and O–H groups in total. The van der Waals surface area contributed by atoms with Crippen molar-refractivity contribution in [3.05, 3.63) is 12.2 Å². The lowest BCUT2D eigenvalue weighted by Gasteiger charge is -2.30. The molecule has 0 saturated heterocycles. The van der Waals surface area contributed by atoms with Crippen LogP contribution < -0.4 is 0 Å². The maximum Gasteiger partial charge on any atom is 0.159 e. The van der Waals surface area contributed by atoms with E-state index < -0.39 is 0 Å². The van der Waals surface area contributed by atoms with Gasteiger partial charge in [0.15, 0.2) is 5.78 Å². The number of ketones is 1. The van der Waals surface area contributed by atoms with Gasteiger partial charge >= 0.3 is 0 Å². The molecule has 12 heavy (non-hydrogen) atoms. The summed E-state index contributed by atoms with van der Waals surface area (Å²) in [5, 5.41) is 0. The van der Waals surface area contributed by atoms with E-state index in [2.05, 4.69) is 6.08 Å². The summed E-state index contributed by atoms with van der Waals surface area (Å²) in [7, 11) is 0. The van der Waals surface area contributed by atoms with Crippen molar-refractivity contribution < 1.29 is 4.79 Å². The SMILES string of the molecule is O=C1C=CC[C@@H]2[C@H]3CC[C@H](C3)[C@H]12. The van der Waals surface area contributed by atoms with E-state index in [-0.39, 0.29) is 0 Å². The Labute approximate surface area is 72.8 Å². The number of allylic oxidation sites excluding steroid dienone is 2. The highest BCUT2D eigenvalue weighted by atomic mass is 16.1. The van der Waals surface area contributed by atoms with E-state index in [9.17, 15) is 4.79 Å². The van der Waals surface area contributed by atoms with E-state index in [4.69, 9.17) is 0 Å². The predicted molar refractivity (Wildman–Crippen MR) is 46.6 cm³/mol. The van der Waals surface area contributed by atoms with Gasteiger partial charge in [0.25, 0.3) is 0 Å². The Bertz CT molecular complexity index is 254. The third kappa shape index (κ3) is 0.720. The summed E-state index contributed by atoms with van der Waals surface area (Å²) < 4.78 is 0. The third-order valence-corrected chi connectivity index (χ3v) is 4.11. The van der Waals surface area contributed by atoms with Crippen LogP contribution >= 0.6 is 0 Å². The van der Waals surface area contributed by atoms with Crippen LogP contribution in [0.3, 0.4) is 0 Å². The minimum absolute atomic E-state index is 0.429. The lowest BCUT2D eigenvalue weighted by molar-refractivity contribution is -0.121. The van der Waals surface area contributed by atoms with Gasteiger partial charge in [0, 0.05) is 5.92 Å². The summed E-state index contributed by atoms with van der Waals surface area (Å²) in [6.07, 6.45) is 9.16. The van der Waals surface area contributed by atoms with E-state index in [0.717, 1.165) is 17.8 Å². The largest absolute Gasteiger partial charge is 0.295 e. The van der Waals surface area contributed by atoms with Gasteiger partial charge in [-0.2, -0.15) is 0 Å². The number of rotatable bonds is 0. The quantitative estimate of drug-likeness (QED) is 0.533. The fraction of sp³-hybridized carbons (Fsp3) is 0.727.